The summed E-state index contributed by atoms with van der Waals surface area (Å²) >= 11 is 0. The van der Waals surface area contributed by atoms with Crippen molar-refractivity contribution < 1.29 is 23.6 Å². The van der Waals surface area contributed by atoms with Crippen LogP contribution in [0.5, 0.6) is 0 Å². The number of hydrogen-bond acceptors (Lipinski definition) is 6. The highest BCUT2D eigenvalue weighted by Gasteiger charge is 2.34. The van der Waals surface area contributed by atoms with Crippen LogP contribution in [0.4, 0.5) is 10.7 Å². The Hall–Kier alpha value is -1.83. The molecular formula is C17H29N4O4+. The molecule has 0 aromatic carbocycles. The van der Waals surface area contributed by atoms with Crippen molar-refractivity contribution >= 4 is 12.0 Å². The van der Waals surface area contributed by atoms with E-state index in [0.717, 1.165) is 25.9 Å². The molecule has 1 saturated heterocycles. The minimum atomic E-state index is -0.477. The third kappa shape index (κ3) is 4.62. The molecule has 2 heterocycles. The number of aromatic nitrogens is 2. The summed E-state index contributed by atoms with van der Waals surface area (Å²) in [5, 5.41) is 8.58. The van der Waals surface area contributed by atoms with Crippen LogP contribution >= 0.6 is 0 Å². The molecule has 8 heteroatoms. The Bertz CT molecular complexity index is 571. The van der Waals surface area contributed by atoms with Crippen LogP contribution in [-0.2, 0) is 9.47 Å². The minimum Gasteiger partial charge on any atom is -0.446 e. The van der Waals surface area contributed by atoms with Crippen molar-refractivity contribution in [1.29, 1.82) is 0 Å². The van der Waals surface area contributed by atoms with Crippen LogP contribution in [-0.4, -0.2) is 43.8 Å². The lowest BCUT2D eigenvalue weighted by Crippen LogP contribution is -2.62. The van der Waals surface area contributed by atoms with Gasteiger partial charge < -0.3 is 9.47 Å². The third-order valence-electron chi connectivity index (χ3n) is 5.18. The number of carbonyl (C=O) groups excluding carboxylic acids is 1. The molecule has 3 atom stereocenters. The van der Waals surface area contributed by atoms with Gasteiger partial charge in [0.25, 0.3) is 6.20 Å². The van der Waals surface area contributed by atoms with Gasteiger partial charge in [0.1, 0.15) is 6.10 Å². The first-order chi connectivity index (χ1) is 12.0. The number of nitrogens with zero attached hydrogens (tertiary/aromatic N) is 3. The zero-order chi connectivity index (χ0) is 17.8. The Morgan fingerprint density at radius 2 is 2.16 bits per heavy atom. The molecular weight excluding hydrogens is 324 g/mol. The summed E-state index contributed by atoms with van der Waals surface area (Å²) in [5.74, 6) is 1.78. The summed E-state index contributed by atoms with van der Waals surface area (Å²) < 4.78 is 16.2. The van der Waals surface area contributed by atoms with Crippen LogP contribution in [0, 0.1) is 17.8 Å². The molecule has 0 bridgehead atoms. The van der Waals surface area contributed by atoms with Crippen molar-refractivity contribution in [1.82, 2.24) is 5.27 Å². The number of morpholine rings is 1. The Labute approximate surface area is 148 Å². The van der Waals surface area contributed by atoms with Crippen LogP contribution < -0.4 is 15.1 Å². The van der Waals surface area contributed by atoms with E-state index in [2.05, 4.69) is 31.4 Å². The van der Waals surface area contributed by atoms with Crippen LogP contribution in [0.15, 0.2) is 10.7 Å². The van der Waals surface area contributed by atoms with Crippen molar-refractivity contribution in [2.45, 2.75) is 46.1 Å². The number of rotatable bonds is 4. The summed E-state index contributed by atoms with van der Waals surface area (Å²) in [6.45, 7) is 9.37. The molecule has 25 heavy (non-hydrogen) atoms. The van der Waals surface area contributed by atoms with Gasteiger partial charge in [-0.25, -0.2) is 4.79 Å². The summed E-state index contributed by atoms with van der Waals surface area (Å²) in [5.41, 5.74) is 0. The van der Waals surface area contributed by atoms with Crippen molar-refractivity contribution in [3.8, 4) is 0 Å². The first-order valence-corrected chi connectivity index (χ1v) is 9.22. The van der Waals surface area contributed by atoms with Crippen LogP contribution in [0.2, 0.25) is 0 Å². The van der Waals surface area contributed by atoms with Crippen molar-refractivity contribution in [3.05, 3.63) is 6.20 Å². The molecule has 1 aromatic rings. The summed E-state index contributed by atoms with van der Waals surface area (Å²) in [6.07, 6.45) is 4.35. The van der Waals surface area contributed by atoms with Gasteiger partial charge in [-0.05, 0) is 30.6 Å². The fourth-order valence-corrected chi connectivity index (χ4v) is 3.70. The number of ether oxygens (including phenoxy) is 2. The quantitative estimate of drug-likeness (QED) is 0.833. The van der Waals surface area contributed by atoms with E-state index >= 15 is 0 Å². The van der Waals surface area contributed by atoms with E-state index in [0.29, 0.717) is 31.0 Å². The highest BCUT2D eigenvalue weighted by Crippen LogP contribution is 2.35. The number of nitrogens with one attached hydrogen (secondary N) is 1. The van der Waals surface area contributed by atoms with Gasteiger partial charge in [-0.1, -0.05) is 27.2 Å². The zero-order valence-corrected chi connectivity index (χ0v) is 15.3. The maximum atomic E-state index is 12.3. The molecule has 1 aliphatic heterocycles. The molecule has 1 amide bonds. The van der Waals surface area contributed by atoms with Crippen LogP contribution in [0.25, 0.3) is 0 Å². The molecule has 140 valence electrons. The lowest BCUT2D eigenvalue weighted by Gasteiger charge is -2.36. The van der Waals surface area contributed by atoms with Crippen molar-refractivity contribution in [3.63, 3.8) is 0 Å². The van der Waals surface area contributed by atoms with E-state index in [1.165, 1.54) is 6.42 Å². The second-order valence-corrected chi connectivity index (χ2v) is 7.45. The van der Waals surface area contributed by atoms with Gasteiger partial charge in [-0.15, -0.1) is 5.01 Å². The average molecular weight is 353 g/mol. The van der Waals surface area contributed by atoms with Crippen LogP contribution in [0.3, 0.4) is 0 Å². The number of anilines is 1. The summed E-state index contributed by atoms with van der Waals surface area (Å²) in [6, 6.07) is 0. The van der Waals surface area contributed by atoms with Gasteiger partial charge in [0.15, 0.2) is 0 Å². The van der Waals surface area contributed by atoms with Gasteiger partial charge in [0, 0.05) is 0 Å². The molecule has 1 aliphatic carbocycles. The normalized spacial score (nSPS) is 27.4. The monoisotopic (exact) mass is 353 g/mol. The largest absolute Gasteiger partial charge is 0.446 e. The highest BCUT2D eigenvalue weighted by atomic mass is 16.6. The van der Waals surface area contributed by atoms with Gasteiger partial charge in [0.2, 0.25) is 5.27 Å². The Balaban J connectivity index is 1.55. The Morgan fingerprint density at radius 1 is 1.40 bits per heavy atom. The van der Waals surface area contributed by atoms with E-state index in [-0.39, 0.29) is 12.0 Å². The fraction of sp³-hybridized carbons (Fsp3) is 0.824. The van der Waals surface area contributed by atoms with Crippen molar-refractivity contribution in [2.24, 2.45) is 17.8 Å². The smallest absolute Gasteiger partial charge is 0.414 e. The molecule has 2 aliphatic rings. The summed E-state index contributed by atoms with van der Waals surface area (Å²) in [4.78, 5) is 13.9. The molecule has 2 fully saturated rings. The lowest BCUT2D eigenvalue weighted by atomic mass is 9.75. The van der Waals surface area contributed by atoms with Gasteiger partial charge in [-0.3, -0.25) is 9.84 Å². The number of amides is 1. The van der Waals surface area contributed by atoms with E-state index in [9.17, 15) is 4.79 Å². The van der Waals surface area contributed by atoms with Gasteiger partial charge in [0.05, 0.1) is 31.1 Å². The summed E-state index contributed by atoms with van der Waals surface area (Å²) in [7, 11) is 0. The highest BCUT2D eigenvalue weighted by molar-refractivity contribution is 5.82. The predicted molar refractivity (Wildman–Crippen MR) is 90.7 cm³/mol. The second kappa shape index (κ2) is 8.03. The molecule has 3 unspecified atom stereocenters. The third-order valence-corrected chi connectivity index (χ3v) is 5.18. The molecule has 1 aromatic heterocycles. The zero-order valence-electron chi connectivity index (χ0n) is 15.3. The van der Waals surface area contributed by atoms with Crippen LogP contribution in [0.1, 0.15) is 40.0 Å². The average Bonchev–Trinajstić information content (AvgIpc) is 3.03. The topological polar surface area (TPSA) is 80.7 Å². The van der Waals surface area contributed by atoms with Gasteiger partial charge >= 0.3 is 12.0 Å². The molecule has 0 spiro atoms. The fourth-order valence-electron chi connectivity index (χ4n) is 3.70. The van der Waals surface area contributed by atoms with Gasteiger partial charge in [-0.2, -0.15) is 0 Å². The molecule has 1 N–H and O–H groups in total. The lowest BCUT2D eigenvalue weighted by molar-refractivity contribution is -0.759. The predicted octanol–water partition coefficient (Wildman–Crippen LogP) is 1.94. The Kier molecular flexibility index (Phi) is 5.78. The standard InChI is InChI=1S/C17H28N4O4/c1-12(2)14-5-4-13(3)10-15(14)24-17(22)18-16-11-21(19-25-16)20-6-8-23-9-7-20/h11-15H,4-10H2,1-3H3/p+1. The molecule has 0 radical (unpaired) electrons. The first-order valence-electron chi connectivity index (χ1n) is 9.22. The number of carbonyl (C=O) groups is 1. The molecule has 3 rings (SSSR count). The van der Waals surface area contributed by atoms with E-state index in [4.69, 9.17) is 14.0 Å². The minimum absolute atomic E-state index is 0.0435. The SMILES string of the molecule is CC1CCC(C(C)C)C(OC(=O)Nc2c[n+](N3CCOCC3)no2)C1. The second-order valence-electron chi connectivity index (χ2n) is 7.45. The molecule has 1 saturated carbocycles. The Morgan fingerprint density at radius 3 is 2.88 bits per heavy atom. The number of hydrogen-bond donors (Lipinski definition) is 1. The maximum absolute atomic E-state index is 12.3. The first kappa shape index (κ1) is 18.0. The van der Waals surface area contributed by atoms with E-state index in [1.54, 1.807) is 11.0 Å². The van der Waals surface area contributed by atoms with Crippen molar-refractivity contribution in [2.75, 3.05) is 36.6 Å². The maximum Gasteiger partial charge on any atom is 0.414 e. The van der Waals surface area contributed by atoms with E-state index in [1.807, 2.05) is 5.01 Å². The molecule has 8 nitrogen and oxygen atoms in total. The van der Waals surface area contributed by atoms with E-state index < -0.39 is 6.09 Å².